The van der Waals surface area contributed by atoms with Crippen LogP contribution in [0.3, 0.4) is 0 Å². The molecule has 1 atom stereocenters. The third kappa shape index (κ3) is 2.84. The molecule has 5 nitrogen and oxygen atoms in total. The van der Waals surface area contributed by atoms with E-state index < -0.39 is 10.0 Å². The number of sulfonamides is 1. The molecule has 6 heteroatoms. The third-order valence-electron chi connectivity index (χ3n) is 4.72. The van der Waals surface area contributed by atoms with Crippen LogP contribution in [0.1, 0.15) is 36.5 Å². The van der Waals surface area contributed by atoms with Crippen LogP contribution in [-0.4, -0.2) is 44.6 Å². The van der Waals surface area contributed by atoms with Crippen LogP contribution in [0, 0.1) is 5.92 Å². The van der Waals surface area contributed by atoms with Crippen LogP contribution in [0.15, 0.2) is 24.3 Å². The predicted molar refractivity (Wildman–Crippen MR) is 86.5 cm³/mol. The van der Waals surface area contributed by atoms with Crippen LogP contribution >= 0.6 is 0 Å². The zero-order chi connectivity index (χ0) is 15.9. The molecule has 1 aromatic rings. The molecule has 0 radical (unpaired) electrons. The fourth-order valence-corrected chi connectivity index (χ4v) is 4.56. The number of benzene rings is 1. The number of nitrogens with zero attached hydrogens (tertiary/aromatic N) is 2. The van der Waals surface area contributed by atoms with Gasteiger partial charge in [0.2, 0.25) is 10.0 Å². The lowest BCUT2D eigenvalue weighted by Crippen LogP contribution is -2.36. The molecule has 1 aliphatic heterocycles. The smallest absolute Gasteiger partial charge is 0.253 e. The van der Waals surface area contributed by atoms with Gasteiger partial charge in [-0.15, -0.1) is 0 Å². The largest absolute Gasteiger partial charge is 0.339 e. The van der Waals surface area contributed by atoms with E-state index in [0.29, 0.717) is 30.1 Å². The van der Waals surface area contributed by atoms with Gasteiger partial charge in [0.15, 0.2) is 0 Å². The first-order valence-corrected chi connectivity index (χ1v) is 9.39. The summed E-state index contributed by atoms with van der Waals surface area (Å²) in [6.07, 6.45) is 3.01. The van der Waals surface area contributed by atoms with Crippen molar-refractivity contribution in [2.75, 3.05) is 23.7 Å². The quantitative estimate of drug-likeness (QED) is 0.853. The molecule has 3 rings (SSSR count). The number of rotatable bonds is 4. The zero-order valence-electron chi connectivity index (χ0n) is 13.0. The predicted octanol–water partition coefficient (Wildman–Crippen LogP) is 2.10. The van der Waals surface area contributed by atoms with Gasteiger partial charge in [-0.2, -0.15) is 0 Å². The van der Waals surface area contributed by atoms with Crippen LogP contribution in [0.25, 0.3) is 0 Å². The standard InChI is InChI=1S/C16H22N2O3S/c1-12(13-7-8-13)17(2)16(19)14-5-3-6-15(11-14)18-9-4-10-22(18,20)21/h3,5-6,11-13H,4,7-10H2,1-2H3/t12-/m0/s1. The van der Waals surface area contributed by atoms with Crippen LogP contribution in [-0.2, 0) is 10.0 Å². The average Bonchev–Trinajstić information content (AvgIpc) is 3.28. The van der Waals surface area contributed by atoms with Crippen LogP contribution in [0.2, 0.25) is 0 Å². The van der Waals surface area contributed by atoms with E-state index in [4.69, 9.17) is 0 Å². The molecule has 22 heavy (non-hydrogen) atoms. The molecule has 1 saturated carbocycles. The van der Waals surface area contributed by atoms with Gasteiger partial charge in [0, 0.05) is 25.2 Å². The fraction of sp³-hybridized carbons (Fsp3) is 0.562. The Bertz CT molecular complexity index is 682. The Labute approximate surface area is 132 Å². The van der Waals surface area contributed by atoms with Crippen molar-refractivity contribution in [3.05, 3.63) is 29.8 Å². The summed E-state index contributed by atoms with van der Waals surface area (Å²) in [4.78, 5) is 14.4. The van der Waals surface area contributed by atoms with E-state index in [-0.39, 0.29) is 17.7 Å². The van der Waals surface area contributed by atoms with Crippen molar-refractivity contribution in [1.29, 1.82) is 0 Å². The van der Waals surface area contributed by atoms with Crippen molar-refractivity contribution in [2.45, 2.75) is 32.2 Å². The summed E-state index contributed by atoms with van der Waals surface area (Å²) in [7, 11) is -1.39. The summed E-state index contributed by atoms with van der Waals surface area (Å²) in [5.41, 5.74) is 1.14. The minimum atomic E-state index is -3.21. The lowest BCUT2D eigenvalue weighted by atomic mass is 10.1. The normalized spacial score (nSPS) is 21.6. The van der Waals surface area contributed by atoms with Crippen molar-refractivity contribution in [1.82, 2.24) is 4.90 Å². The third-order valence-corrected chi connectivity index (χ3v) is 6.59. The molecule has 0 aromatic heterocycles. The highest BCUT2D eigenvalue weighted by atomic mass is 32.2. The number of amides is 1. The van der Waals surface area contributed by atoms with Crippen molar-refractivity contribution in [3.8, 4) is 0 Å². The van der Waals surface area contributed by atoms with Gasteiger partial charge in [0.1, 0.15) is 0 Å². The lowest BCUT2D eigenvalue weighted by molar-refractivity contribution is 0.0727. The van der Waals surface area contributed by atoms with E-state index in [0.717, 1.165) is 0 Å². The second kappa shape index (κ2) is 5.57. The minimum absolute atomic E-state index is 0.0437. The van der Waals surface area contributed by atoms with Crippen LogP contribution < -0.4 is 4.31 Å². The molecule has 1 saturated heterocycles. The maximum atomic E-state index is 12.6. The topological polar surface area (TPSA) is 57.7 Å². The molecule has 0 bridgehead atoms. The molecule has 1 aromatic carbocycles. The van der Waals surface area contributed by atoms with E-state index in [1.807, 2.05) is 7.05 Å². The van der Waals surface area contributed by atoms with Gasteiger partial charge >= 0.3 is 0 Å². The number of hydrogen-bond donors (Lipinski definition) is 0. The summed E-state index contributed by atoms with van der Waals surface area (Å²) in [6, 6.07) is 7.19. The second-order valence-corrected chi connectivity index (χ2v) is 8.30. The fourth-order valence-electron chi connectivity index (χ4n) is 3.01. The van der Waals surface area contributed by atoms with Gasteiger partial charge < -0.3 is 4.90 Å². The van der Waals surface area contributed by atoms with Gasteiger partial charge in [0.25, 0.3) is 5.91 Å². The Hall–Kier alpha value is -1.56. The summed E-state index contributed by atoms with van der Waals surface area (Å²) < 4.78 is 25.4. The van der Waals surface area contributed by atoms with E-state index in [1.54, 1.807) is 29.2 Å². The van der Waals surface area contributed by atoms with E-state index >= 15 is 0 Å². The van der Waals surface area contributed by atoms with Gasteiger partial charge in [-0.25, -0.2) is 8.42 Å². The van der Waals surface area contributed by atoms with Crippen LogP contribution in [0.4, 0.5) is 5.69 Å². The Morgan fingerprint density at radius 1 is 1.36 bits per heavy atom. The summed E-state index contributed by atoms with van der Waals surface area (Å²) >= 11 is 0. The molecule has 0 N–H and O–H groups in total. The van der Waals surface area contributed by atoms with Crippen molar-refractivity contribution in [2.24, 2.45) is 5.92 Å². The van der Waals surface area contributed by atoms with Crippen LogP contribution in [0.5, 0.6) is 0 Å². The summed E-state index contributed by atoms with van der Waals surface area (Å²) in [6.45, 7) is 2.57. The SMILES string of the molecule is C[C@@H](C1CC1)N(C)C(=O)c1cccc(N2CCCS2(=O)=O)c1. The first-order chi connectivity index (χ1) is 10.4. The Kier molecular flexibility index (Phi) is 3.89. The molecule has 2 aliphatic rings. The number of carbonyl (C=O) groups excluding carboxylic acids is 1. The van der Waals surface area contributed by atoms with E-state index in [9.17, 15) is 13.2 Å². The second-order valence-electron chi connectivity index (χ2n) is 6.29. The molecule has 1 heterocycles. The number of anilines is 1. The van der Waals surface area contributed by atoms with Crippen molar-refractivity contribution >= 4 is 21.6 Å². The highest BCUT2D eigenvalue weighted by Gasteiger charge is 2.33. The Morgan fingerprint density at radius 2 is 2.09 bits per heavy atom. The molecular formula is C16H22N2O3S. The summed E-state index contributed by atoms with van der Waals surface area (Å²) in [5, 5.41) is 0. The van der Waals surface area contributed by atoms with E-state index in [1.165, 1.54) is 17.1 Å². The minimum Gasteiger partial charge on any atom is -0.339 e. The van der Waals surface area contributed by atoms with Gasteiger partial charge in [-0.1, -0.05) is 6.07 Å². The zero-order valence-corrected chi connectivity index (χ0v) is 13.8. The first-order valence-electron chi connectivity index (χ1n) is 7.78. The lowest BCUT2D eigenvalue weighted by Gasteiger charge is -2.25. The highest BCUT2D eigenvalue weighted by Crippen LogP contribution is 2.35. The number of carbonyl (C=O) groups is 1. The van der Waals surface area contributed by atoms with Gasteiger partial charge in [-0.05, 0) is 50.3 Å². The van der Waals surface area contributed by atoms with E-state index in [2.05, 4.69) is 6.92 Å². The molecule has 0 unspecified atom stereocenters. The van der Waals surface area contributed by atoms with Crippen molar-refractivity contribution < 1.29 is 13.2 Å². The highest BCUT2D eigenvalue weighted by molar-refractivity contribution is 7.93. The average molecular weight is 322 g/mol. The maximum Gasteiger partial charge on any atom is 0.253 e. The molecule has 1 aliphatic carbocycles. The Balaban J connectivity index is 1.83. The molecule has 0 spiro atoms. The molecule has 1 amide bonds. The first kappa shape index (κ1) is 15.3. The summed E-state index contributed by atoms with van der Waals surface area (Å²) in [5.74, 6) is 0.748. The maximum absolute atomic E-state index is 12.6. The Morgan fingerprint density at radius 3 is 2.68 bits per heavy atom. The molecule has 120 valence electrons. The molecular weight excluding hydrogens is 300 g/mol. The number of hydrogen-bond acceptors (Lipinski definition) is 3. The monoisotopic (exact) mass is 322 g/mol. The van der Waals surface area contributed by atoms with Gasteiger partial charge in [-0.3, -0.25) is 9.10 Å². The van der Waals surface area contributed by atoms with Gasteiger partial charge in [0.05, 0.1) is 11.4 Å². The van der Waals surface area contributed by atoms with Crippen molar-refractivity contribution in [3.63, 3.8) is 0 Å². The molecule has 2 fully saturated rings.